The molecule has 1 heterocycles. The number of halogens is 2. The van der Waals surface area contributed by atoms with Crippen molar-refractivity contribution in [3.63, 3.8) is 0 Å². The molecule has 1 aromatic carbocycles. The van der Waals surface area contributed by atoms with Gasteiger partial charge in [-0.25, -0.2) is 23.6 Å². The highest BCUT2D eigenvalue weighted by Gasteiger charge is 2.25. The molecule has 0 saturated carbocycles. The fourth-order valence-electron chi connectivity index (χ4n) is 3.71. The first-order valence-electron chi connectivity index (χ1n) is 11.9. The second-order valence-corrected chi connectivity index (χ2v) is 8.75. The van der Waals surface area contributed by atoms with Gasteiger partial charge in [0.05, 0.1) is 12.0 Å². The van der Waals surface area contributed by atoms with Crippen LogP contribution in [0.5, 0.6) is 5.75 Å². The minimum absolute atomic E-state index is 0.0444. The van der Waals surface area contributed by atoms with E-state index in [1.54, 1.807) is 0 Å². The number of carbonyl (C=O) groups is 5. The number of benzene rings is 1. The van der Waals surface area contributed by atoms with Crippen molar-refractivity contribution in [3.8, 4) is 5.75 Å². The third kappa shape index (κ3) is 8.37. The Morgan fingerprint density at radius 1 is 0.975 bits per heavy atom. The highest BCUT2D eigenvalue weighted by Crippen LogP contribution is 2.30. The average molecular weight is 571 g/mol. The molecule has 40 heavy (non-hydrogen) atoms. The van der Waals surface area contributed by atoms with Crippen LogP contribution >= 0.6 is 0 Å². The van der Waals surface area contributed by atoms with Crippen LogP contribution in [0.1, 0.15) is 43.2 Å². The molecule has 0 radical (unpaired) electrons. The van der Waals surface area contributed by atoms with E-state index in [2.05, 4.69) is 10.6 Å². The number of phenolic OH excluding ortho intramolecular Hbond substituents is 1. The molecular weight excluding hydrogens is 544 g/mol. The summed E-state index contributed by atoms with van der Waals surface area (Å²) < 4.78 is 32.7. The number of urea groups is 1. The lowest BCUT2D eigenvalue weighted by Crippen LogP contribution is -2.51. The Morgan fingerprint density at radius 3 is 2.15 bits per heavy atom. The molecule has 0 aliphatic rings. The van der Waals surface area contributed by atoms with Gasteiger partial charge in [-0.15, -0.1) is 0 Å². The van der Waals surface area contributed by atoms with E-state index in [9.17, 15) is 47.8 Å². The Labute approximate surface area is 224 Å². The number of rotatable bonds is 14. The van der Waals surface area contributed by atoms with Crippen LogP contribution in [0.25, 0.3) is 11.0 Å². The Bertz CT molecular complexity index is 1380. The van der Waals surface area contributed by atoms with Crippen molar-refractivity contribution in [2.24, 2.45) is 0 Å². The van der Waals surface area contributed by atoms with Gasteiger partial charge in [0.1, 0.15) is 12.1 Å². The molecule has 0 aliphatic heterocycles. The number of carboxylic acid groups (broad SMARTS) is 3. The van der Waals surface area contributed by atoms with Gasteiger partial charge >= 0.3 is 29.6 Å². The van der Waals surface area contributed by atoms with Crippen LogP contribution in [-0.2, 0) is 25.6 Å². The molecule has 0 aliphatic carbocycles. The summed E-state index contributed by atoms with van der Waals surface area (Å²) in [4.78, 5) is 69.9. The van der Waals surface area contributed by atoms with Gasteiger partial charge in [0.2, 0.25) is 11.7 Å². The number of nitrogens with one attached hydrogen (secondary N) is 3. The Kier molecular flexibility index (Phi) is 10.9. The summed E-state index contributed by atoms with van der Waals surface area (Å²) in [6.45, 7) is 1.40. The number of aryl methyl sites for hydroxylation is 1. The molecule has 2 atom stereocenters. The second-order valence-electron chi connectivity index (χ2n) is 8.75. The Balaban J connectivity index is 1.88. The van der Waals surface area contributed by atoms with Crippen molar-refractivity contribution >= 4 is 40.8 Å². The lowest BCUT2D eigenvalue weighted by Gasteiger charge is -2.18. The van der Waals surface area contributed by atoms with E-state index in [0.29, 0.717) is 0 Å². The zero-order valence-electron chi connectivity index (χ0n) is 21.1. The zero-order chi connectivity index (χ0) is 30.1. The number of carbonyl (C=O) groups excluding carboxylic acids is 2. The van der Waals surface area contributed by atoms with E-state index in [4.69, 9.17) is 14.6 Å². The summed E-state index contributed by atoms with van der Waals surface area (Å²) in [6, 6.07) is -3.29. The topological polar surface area (TPSA) is 233 Å². The summed E-state index contributed by atoms with van der Waals surface area (Å²) in [5, 5.41) is 42.9. The van der Waals surface area contributed by atoms with Crippen molar-refractivity contribution in [1.82, 2.24) is 16.0 Å². The summed E-state index contributed by atoms with van der Waals surface area (Å²) in [5.74, 6) is -8.83. The summed E-state index contributed by atoms with van der Waals surface area (Å²) >= 11 is 0. The number of aliphatic carboxylic acids is 3. The van der Waals surface area contributed by atoms with Crippen LogP contribution in [0.2, 0.25) is 0 Å². The third-order valence-corrected chi connectivity index (χ3v) is 5.88. The molecule has 7 N–H and O–H groups in total. The van der Waals surface area contributed by atoms with Crippen LogP contribution in [0.15, 0.2) is 15.3 Å². The van der Waals surface area contributed by atoms with Gasteiger partial charge in [-0.05, 0) is 44.2 Å². The molecule has 1 aromatic heterocycles. The van der Waals surface area contributed by atoms with Crippen molar-refractivity contribution < 1.29 is 57.6 Å². The molecule has 218 valence electrons. The van der Waals surface area contributed by atoms with Gasteiger partial charge in [-0.1, -0.05) is 0 Å². The Hall–Kier alpha value is -4.76. The number of hydrogen-bond donors (Lipinski definition) is 7. The molecule has 0 spiro atoms. The van der Waals surface area contributed by atoms with Crippen molar-refractivity contribution in [1.29, 1.82) is 0 Å². The largest absolute Gasteiger partial charge is 0.503 e. The maximum absolute atomic E-state index is 14.1. The monoisotopic (exact) mass is 571 g/mol. The molecule has 0 bridgehead atoms. The number of carboxylic acids is 3. The van der Waals surface area contributed by atoms with Gasteiger partial charge in [0.15, 0.2) is 17.1 Å². The molecule has 2 rings (SSSR count). The molecule has 3 amide bonds. The van der Waals surface area contributed by atoms with E-state index in [1.807, 2.05) is 5.32 Å². The number of phenols is 1. The van der Waals surface area contributed by atoms with E-state index in [-0.39, 0.29) is 42.3 Å². The standard InChI is InChI=1S/C24H27F2N3O11/c1-10-11-8-13(25)19(33)18(26)20(11)40-23(38)12(10)9-16(30)27-7-3-2-4-14(21(34)35)28-24(39)29-15(22(36)37)5-6-17(31)32/h8,14-15,33H,2-7,9H2,1H3,(H,27,30)(H,31,32)(H,34,35)(H,36,37)(H2,28,29,39)/t14-,15+/m0/s1. The second kappa shape index (κ2) is 13.9. The average Bonchev–Trinajstić information content (AvgIpc) is 2.87. The van der Waals surface area contributed by atoms with E-state index >= 15 is 0 Å². The predicted octanol–water partition coefficient (Wildman–Crippen LogP) is 0.985. The van der Waals surface area contributed by atoms with Gasteiger partial charge in [0, 0.05) is 18.4 Å². The molecule has 2 aromatic rings. The van der Waals surface area contributed by atoms with Crippen molar-refractivity contribution in [2.75, 3.05) is 6.54 Å². The number of aromatic hydroxyl groups is 1. The fraction of sp³-hybridized carbons (Fsp3) is 0.417. The molecule has 0 saturated heterocycles. The number of hydrogen-bond acceptors (Lipinski definition) is 8. The smallest absolute Gasteiger partial charge is 0.340 e. The van der Waals surface area contributed by atoms with Crippen LogP contribution in [-0.4, -0.2) is 68.9 Å². The van der Waals surface area contributed by atoms with Crippen LogP contribution in [0.3, 0.4) is 0 Å². The van der Waals surface area contributed by atoms with E-state index in [0.717, 1.165) is 6.07 Å². The van der Waals surface area contributed by atoms with Crippen molar-refractivity contribution in [2.45, 2.75) is 57.5 Å². The maximum atomic E-state index is 14.1. The summed E-state index contributed by atoms with van der Waals surface area (Å²) in [6.07, 6.45) is -1.08. The van der Waals surface area contributed by atoms with Gasteiger partial charge < -0.3 is 40.8 Å². The maximum Gasteiger partial charge on any atom is 0.340 e. The summed E-state index contributed by atoms with van der Waals surface area (Å²) in [7, 11) is 0. The minimum Gasteiger partial charge on any atom is -0.503 e. The Morgan fingerprint density at radius 2 is 1.57 bits per heavy atom. The van der Waals surface area contributed by atoms with Gasteiger partial charge in [-0.2, -0.15) is 4.39 Å². The van der Waals surface area contributed by atoms with Crippen LogP contribution in [0, 0.1) is 18.6 Å². The van der Waals surface area contributed by atoms with Gasteiger partial charge in [0.25, 0.3) is 0 Å². The molecule has 0 fully saturated rings. The lowest BCUT2D eigenvalue weighted by atomic mass is 10.0. The molecule has 16 heteroatoms. The minimum atomic E-state index is -1.54. The molecule has 0 unspecified atom stereocenters. The fourth-order valence-corrected chi connectivity index (χ4v) is 3.71. The number of unbranched alkanes of at least 4 members (excludes halogenated alkanes) is 1. The normalized spacial score (nSPS) is 12.4. The zero-order valence-corrected chi connectivity index (χ0v) is 21.1. The van der Waals surface area contributed by atoms with E-state index in [1.165, 1.54) is 6.92 Å². The SMILES string of the molecule is Cc1c(CC(=O)NCCCC[C@H](NC(=O)N[C@H](CCC(=O)O)C(=O)O)C(=O)O)c(=O)oc2c(F)c(O)c(F)cc12. The number of amides is 3. The lowest BCUT2D eigenvalue weighted by molar-refractivity contribution is -0.140. The molecule has 14 nitrogen and oxygen atoms in total. The first kappa shape index (κ1) is 31.5. The first-order chi connectivity index (χ1) is 18.7. The number of fused-ring (bicyclic) bond motifs is 1. The highest BCUT2D eigenvalue weighted by atomic mass is 19.1. The molecular formula is C24H27F2N3O11. The third-order valence-electron chi connectivity index (χ3n) is 5.88. The summed E-state index contributed by atoms with van der Waals surface area (Å²) in [5.41, 5.74) is -1.77. The van der Waals surface area contributed by atoms with Gasteiger partial charge in [-0.3, -0.25) is 9.59 Å². The highest BCUT2D eigenvalue weighted by molar-refractivity contribution is 5.87. The van der Waals surface area contributed by atoms with Crippen molar-refractivity contribution in [3.05, 3.63) is 39.2 Å². The van der Waals surface area contributed by atoms with Crippen LogP contribution in [0.4, 0.5) is 13.6 Å². The first-order valence-corrected chi connectivity index (χ1v) is 11.9. The van der Waals surface area contributed by atoms with E-state index < -0.39 is 89.8 Å². The quantitative estimate of drug-likeness (QED) is 0.125. The van der Waals surface area contributed by atoms with Crippen LogP contribution < -0.4 is 21.6 Å². The predicted molar refractivity (Wildman–Crippen MR) is 131 cm³/mol.